The predicted molar refractivity (Wildman–Crippen MR) is 127 cm³/mol. The van der Waals surface area contributed by atoms with Crippen LogP contribution in [-0.2, 0) is 9.47 Å². The van der Waals surface area contributed by atoms with Gasteiger partial charge in [0.25, 0.3) is 0 Å². The molecule has 0 amide bonds. The molecule has 1 aromatic carbocycles. The lowest BCUT2D eigenvalue weighted by molar-refractivity contribution is -0.179. The van der Waals surface area contributed by atoms with Gasteiger partial charge in [-0.05, 0) is 42.7 Å². The summed E-state index contributed by atoms with van der Waals surface area (Å²) in [6.45, 7) is 1.34. The van der Waals surface area contributed by atoms with Crippen molar-refractivity contribution >= 4 is 16.6 Å². The maximum atomic E-state index is 14.5. The lowest BCUT2D eigenvalue weighted by Crippen LogP contribution is -2.35. The van der Waals surface area contributed by atoms with Crippen molar-refractivity contribution in [3.05, 3.63) is 66.6 Å². The molecule has 0 bridgehead atoms. The van der Waals surface area contributed by atoms with Crippen LogP contribution < -0.4 is 0 Å². The van der Waals surface area contributed by atoms with Crippen molar-refractivity contribution in [3.63, 3.8) is 0 Å². The lowest BCUT2D eigenvalue weighted by Gasteiger charge is -2.35. The Morgan fingerprint density at radius 3 is 2.60 bits per heavy atom. The summed E-state index contributed by atoms with van der Waals surface area (Å²) in [5.41, 5.74) is 5.58. The summed E-state index contributed by atoms with van der Waals surface area (Å²) < 4.78 is 28.3. The van der Waals surface area contributed by atoms with E-state index in [1.165, 1.54) is 6.07 Å². The van der Waals surface area contributed by atoms with Crippen LogP contribution in [0.4, 0.5) is 4.39 Å². The molecule has 35 heavy (non-hydrogen) atoms. The number of H-pyrrole nitrogens is 1. The zero-order chi connectivity index (χ0) is 23.4. The first kappa shape index (κ1) is 20.7. The van der Waals surface area contributed by atoms with E-state index in [9.17, 15) is 4.39 Å². The summed E-state index contributed by atoms with van der Waals surface area (Å²) in [6.07, 6.45) is 10.6. The molecule has 1 saturated carbocycles. The number of aromatic amines is 1. The molecule has 1 N–H and O–H groups in total. The number of ether oxygens (including phenoxy) is 2. The fraction of sp³-hybridized carbons (Fsp3) is 0.308. The molecule has 4 aromatic heterocycles. The summed E-state index contributed by atoms with van der Waals surface area (Å²) in [7, 11) is 0. The van der Waals surface area contributed by atoms with Gasteiger partial charge in [0.05, 0.1) is 25.0 Å². The smallest absolute Gasteiger partial charge is 0.168 e. The Hall–Kier alpha value is -3.69. The first-order valence-electron chi connectivity index (χ1n) is 11.9. The van der Waals surface area contributed by atoms with Gasteiger partial charge in [0.15, 0.2) is 11.4 Å². The first-order valence-corrected chi connectivity index (χ1v) is 11.9. The van der Waals surface area contributed by atoms with E-state index in [0.717, 1.165) is 59.4 Å². The van der Waals surface area contributed by atoms with E-state index >= 15 is 0 Å². The molecular formula is C26H23FN6O2. The molecule has 9 heteroatoms. The summed E-state index contributed by atoms with van der Waals surface area (Å²) in [5, 5.41) is 12.6. The van der Waals surface area contributed by atoms with Crippen molar-refractivity contribution in [3.8, 4) is 22.4 Å². The number of hydrogen-bond donors (Lipinski definition) is 1. The van der Waals surface area contributed by atoms with Gasteiger partial charge in [0, 0.05) is 54.0 Å². The molecule has 1 spiro atoms. The maximum Gasteiger partial charge on any atom is 0.168 e. The maximum absolute atomic E-state index is 14.5. The van der Waals surface area contributed by atoms with Crippen LogP contribution in [0.25, 0.3) is 38.9 Å². The van der Waals surface area contributed by atoms with Crippen LogP contribution in [0.1, 0.15) is 37.3 Å². The van der Waals surface area contributed by atoms with E-state index in [1.54, 1.807) is 24.7 Å². The normalized spacial score (nSPS) is 18.2. The van der Waals surface area contributed by atoms with Gasteiger partial charge in [-0.15, -0.1) is 0 Å². The number of pyridine rings is 1. The highest BCUT2D eigenvalue weighted by Gasteiger charge is 2.41. The molecule has 8 nitrogen and oxygen atoms in total. The zero-order valence-corrected chi connectivity index (χ0v) is 18.9. The molecule has 0 atom stereocenters. The SMILES string of the molecule is Fc1ccc(-c2c(-c3ccncc3)nn3c(C4CCC5(CC4)OCCO5)ccnc23)c2cn[nH]c12. The molecule has 7 rings (SSSR count). The third-order valence-electron chi connectivity index (χ3n) is 7.31. The first-order chi connectivity index (χ1) is 17.2. The Morgan fingerprint density at radius 2 is 1.80 bits per heavy atom. The van der Waals surface area contributed by atoms with Gasteiger partial charge in [-0.3, -0.25) is 10.1 Å². The average Bonchev–Trinajstić information content (AvgIpc) is 3.65. The minimum atomic E-state index is -0.416. The third kappa shape index (κ3) is 3.26. The summed E-state index contributed by atoms with van der Waals surface area (Å²) in [6, 6.07) is 9.15. The van der Waals surface area contributed by atoms with Crippen molar-refractivity contribution in [2.24, 2.45) is 0 Å². The molecule has 1 aliphatic carbocycles. The van der Waals surface area contributed by atoms with Crippen LogP contribution in [0, 0.1) is 5.82 Å². The third-order valence-corrected chi connectivity index (χ3v) is 7.31. The Kier molecular flexibility index (Phi) is 4.68. The van der Waals surface area contributed by atoms with Gasteiger partial charge >= 0.3 is 0 Å². The topological polar surface area (TPSA) is 90.2 Å². The Bertz CT molecular complexity index is 1530. The van der Waals surface area contributed by atoms with Crippen molar-refractivity contribution in [2.75, 3.05) is 13.2 Å². The van der Waals surface area contributed by atoms with E-state index in [1.807, 2.05) is 22.8 Å². The molecule has 176 valence electrons. The van der Waals surface area contributed by atoms with Gasteiger partial charge in [0.2, 0.25) is 0 Å². The molecule has 1 aliphatic heterocycles. The number of nitrogens with one attached hydrogen (secondary N) is 1. The van der Waals surface area contributed by atoms with Crippen LogP contribution in [0.3, 0.4) is 0 Å². The quantitative estimate of drug-likeness (QED) is 0.404. The lowest BCUT2D eigenvalue weighted by atomic mass is 9.83. The van der Waals surface area contributed by atoms with E-state index in [0.29, 0.717) is 30.0 Å². The van der Waals surface area contributed by atoms with Gasteiger partial charge in [-0.1, -0.05) is 6.07 Å². The summed E-state index contributed by atoms with van der Waals surface area (Å²) in [5.74, 6) is -0.454. The zero-order valence-electron chi connectivity index (χ0n) is 18.9. The molecule has 0 unspecified atom stereocenters. The number of aromatic nitrogens is 6. The number of fused-ring (bicyclic) bond motifs is 2. The van der Waals surface area contributed by atoms with E-state index in [-0.39, 0.29) is 5.82 Å². The van der Waals surface area contributed by atoms with Crippen LogP contribution in [-0.4, -0.2) is 48.8 Å². The van der Waals surface area contributed by atoms with Crippen LogP contribution in [0.2, 0.25) is 0 Å². The highest BCUT2D eigenvalue weighted by atomic mass is 19.1. The standard InChI is InChI=1S/C26H23FN6O2/c27-20-2-1-18(19-15-30-31-24(19)20)22-23(17-5-10-28-11-6-17)32-33-21(7-12-29-25(22)33)16-3-8-26(9-4-16)34-13-14-35-26/h1-2,5-7,10-12,15-16H,3-4,8-9,13-14H2,(H,30,31). The van der Waals surface area contributed by atoms with Gasteiger partial charge in [-0.2, -0.15) is 10.2 Å². The summed E-state index contributed by atoms with van der Waals surface area (Å²) in [4.78, 5) is 8.92. The highest BCUT2D eigenvalue weighted by molar-refractivity contribution is 6.02. The van der Waals surface area contributed by atoms with Crippen LogP contribution in [0.5, 0.6) is 0 Å². The van der Waals surface area contributed by atoms with Crippen LogP contribution >= 0.6 is 0 Å². The predicted octanol–water partition coefficient (Wildman–Crippen LogP) is 4.87. The molecule has 2 aliphatic rings. The number of hydrogen-bond acceptors (Lipinski definition) is 6. The molecule has 1 saturated heterocycles. The molecule has 5 heterocycles. The highest BCUT2D eigenvalue weighted by Crippen LogP contribution is 2.44. The van der Waals surface area contributed by atoms with E-state index < -0.39 is 5.79 Å². The molecular weight excluding hydrogens is 447 g/mol. The molecule has 2 fully saturated rings. The van der Waals surface area contributed by atoms with Crippen molar-refractivity contribution in [1.29, 1.82) is 0 Å². The van der Waals surface area contributed by atoms with Crippen molar-refractivity contribution < 1.29 is 13.9 Å². The Labute approximate surface area is 200 Å². The van der Waals surface area contributed by atoms with Crippen LogP contribution in [0.15, 0.2) is 55.1 Å². The fourth-order valence-corrected chi connectivity index (χ4v) is 5.59. The second kappa shape index (κ2) is 7.93. The van der Waals surface area contributed by atoms with Gasteiger partial charge < -0.3 is 9.47 Å². The number of halogens is 1. The van der Waals surface area contributed by atoms with E-state index in [4.69, 9.17) is 19.6 Å². The monoisotopic (exact) mass is 470 g/mol. The fourth-order valence-electron chi connectivity index (χ4n) is 5.59. The average molecular weight is 471 g/mol. The second-order valence-electron chi connectivity index (χ2n) is 9.20. The summed E-state index contributed by atoms with van der Waals surface area (Å²) >= 11 is 0. The van der Waals surface area contributed by atoms with Crippen molar-refractivity contribution in [1.82, 2.24) is 29.8 Å². The molecule has 0 radical (unpaired) electrons. The number of nitrogens with zero attached hydrogens (tertiary/aromatic N) is 5. The van der Waals surface area contributed by atoms with E-state index in [2.05, 4.69) is 21.2 Å². The minimum Gasteiger partial charge on any atom is -0.348 e. The minimum absolute atomic E-state index is 0.305. The van der Waals surface area contributed by atoms with Gasteiger partial charge in [-0.25, -0.2) is 13.9 Å². The molecule has 5 aromatic rings. The largest absolute Gasteiger partial charge is 0.348 e. The second-order valence-corrected chi connectivity index (χ2v) is 9.20. The van der Waals surface area contributed by atoms with Crippen molar-refractivity contribution in [2.45, 2.75) is 37.4 Å². The van der Waals surface area contributed by atoms with Gasteiger partial charge in [0.1, 0.15) is 17.0 Å². The number of benzene rings is 1. The Morgan fingerprint density at radius 1 is 1.00 bits per heavy atom. The Balaban J connectivity index is 1.41. The number of rotatable bonds is 3.